The number of hydrogen-bond donors (Lipinski definition) is 1. The number of rotatable bonds is 4. The SMILES string of the molecule is CC(C)(C)C1CC(NCc2cccnc2-n2cccn2)CCO1. The van der Waals surface area contributed by atoms with E-state index in [4.69, 9.17) is 4.74 Å². The van der Waals surface area contributed by atoms with E-state index in [2.05, 4.69) is 42.2 Å². The standard InChI is InChI=1S/C18H26N4O/c1-18(2,3)16-12-15(7-11-23-16)20-13-14-6-4-8-19-17(14)22-10-5-9-21-22/h4-6,8-10,15-16,20H,7,11-13H2,1-3H3. The van der Waals surface area contributed by atoms with Gasteiger partial charge in [0.1, 0.15) is 0 Å². The summed E-state index contributed by atoms with van der Waals surface area (Å²) in [6, 6.07) is 6.49. The lowest BCUT2D eigenvalue weighted by Gasteiger charge is -2.38. The Morgan fingerprint density at radius 1 is 1.30 bits per heavy atom. The highest BCUT2D eigenvalue weighted by Gasteiger charge is 2.31. The third kappa shape index (κ3) is 3.98. The van der Waals surface area contributed by atoms with Crippen molar-refractivity contribution in [2.75, 3.05) is 6.61 Å². The molecule has 1 N–H and O–H groups in total. The molecule has 1 fully saturated rings. The van der Waals surface area contributed by atoms with Crippen molar-refractivity contribution in [3.8, 4) is 5.82 Å². The second-order valence-corrected chi connectivity index (χ2v) is 7.26. The first kappa shape index (κ1) is 16.1. The van der Waals surface area contributed by atoms with Gasteiger partial charge in [0.15, 0.2) is 5.82 Å². The van der Waals surface area contributed by atoms with Gasteiger partial charge in [-0.2, -0.15) is 5.10 Å². The van der Waals surface area contributed by atoms with Crippen LogP contribution in [-0.2, 0) is 11.3 Å². The molecule has 0 amide bonds. The molecule has 2 atom stereocenters. The van der Waals surface area contributed by atoms with Gasteiger partial charge in [0.2, 0.25) is 0 Å². The van der Waals surface area contributed by atoms with Gasteiger partial charge in [-0.3, -0.25) is 0 Å². The highest BCUT2D eigenvalue weighted by molar-refractivity contribution is 5.32. The highest BCUT2D eigenvalue weighted by Crippen LogP contribution is 2.29. The third-order valence-corrected chi connectivity index (χ3v) is 4.42. The van der Waals surface area contributed by atoms with Crippen LogP contribution in [-0.4, -0.2) is 33.5 Å². The van der Waals surface area contributed by atoms with E-state index in [0.29, 0.717) is 12.1 Å². The molecule has 1 saturated heterocycles. The lowest BCUT2D eigenvalue weighted by Crippen LogP contribution is -2.43. The minimum absolute atomic E-state index is 0.189. The Bertz CT molecular complexity index is 618. The fraction of sp³-hybridized carbons (Fsp3) is 0.556. The molecule has 1 aliphatic rings. The van der Waals surface area contributed by atoms with E-state index in [-0.39, 0.29) is 5.41 Å². The topological polar surface area (TPSA) is 52.0 Å². The number of hydrogen-bond acceptors (Lipinski definition) is 4. The molecule has 2 aromatic heterocycles. The minimum atomic E-state index is 0.189. The highest BCUT2D eigenvalue weighted by atomic mass is 16.5. The summed E-state index contributed by atoms with van der Waals surface area (Å²) in [5, 5.41) is 7.97. The van der Waals surface area contributed by atoms with Crippen molar-refractivity contribution in [3.63, 3.8) is 0 Å². The normalized spacial score (nSPS) is 22.2. The number of nitrogens with zero attached hydrogens (tertiary/aromatic N) is 3. The zero-order valence-corrected chi connectivity index (χ0v) is 14.2. The zero-order chi connectivity index (χ0) is 16.3. The fourth-order valence-corrected chi connectivity index (χ4v) is 3.01. The molecule has 0 saturated carbocycles. The van der Waals surface area contributed by atoms with Crippen LogP contribution in [0.1, 0.15) is 39.2 Å². The average molecular weight is 314 g/mol. The van der Waals surface area contributed by atoms with Crippen molar-refractivity contribution in [1.29, 1.82) is 0 Å². The maximum atomic E-state index is 5.94. The first-order chi connectivity index (χ1) is 11.0. The molecule has 0 aliphatic carbocycles. The van der Waals surface area contributed by atoms with Crippen molar-refractivity contribution >= 4 is 0 Å². The van der Waals surface area contributed by atoms with Crippen molar-refractivity contribution < 1.29 is 4.74 Å². The van der Waals surface area contributed by atoms with E-state index in [1.54, 1.807) is 6.20 Å². The number of nitrogens with one attached hydrogen (secondary N) is 1. The van der Waals surface area contributed by atoms with Crippen molar-refractivity contribution in [1.82, 2.24) is 20.1 Å². The Morgan fingerprint density at radius 2 is 2.17 bits per heavy atom. The zero-order valence-electron chi connectivity index (χ0n) is 14.2. The van der Waals surface area contributed by atoms with Crippen LogP contribution < -0.4 is 5.32 Å². The van der Waals surface area contributed by atoms with Gasteiger partial charge in [0.05, 0.1) is 6.10 Å². The van der Waals surface area contributed by atoms with Crippen LogP contribution in [0.15, 0.2) is 36.8 Å². The van der Waals surface area contributed by atoms with Crippen LogP contribution in [0.25, 0.3) is 5.82 Å². The summed E-state index contributed by atoms with van der Waals surface area (Å²) >= 11 is 0. The van der Waals surface area contributed by atoms with Crippen LogP contribution in [0.5, 0.6) is 0 Å². The van der Waals surface area contributed by atoms with E-state index < -0.39 is 0 Å². The monoisotopic (exact) mass is 314 g/mol. The van der Waals surface area contributed by atoms with Crippen molar-refractivity contribution in [2.45, 2.75) is 52.3 Å². The molecule has 2 aromatic rings. The van der Waals surface area contributed by atoms with Gasteiger partial charge in [0.25, 0.3) is 0 Å². The number of pyridine rings is 1. The van der Waals surface area contributed by atoms with Crippen LogP contribution in [0, 0.1) is 5.41 Å². The molecule has 2 unspecified atom stereocenters. The smallest absolute Gasteiger partial charge is 0.157 e. The average Bonchev–Trinajstić information content (AvgIpc) is 3.07. The summed E-state index contributed by atoms with van der Waals surface area (Å²) in [5.74, 6) is 0.893. The maximum absolute atomic E-state index is 5.94. The summed E-state index contributed by atoms with van der Waals surface area (Å²) in [7, 11) is 0. The third-order valence-electron chi connectivity index (χ3n) is 4.42. The summed E-state index contributed by atoms with van der Waals surface area (Å²) in [6.07, 6.45) is 7.94. The van der Waals surface area contributed by atoms with Gasteiger partial charge in [-0.15, -0.1) is 0 Å². The lowest BCUT2D eigenvalue weighted by atomic mass is 9.83. The molecular formula is C18H26N4O. The van der Waals surface area contributed by atoms with Crippen LogP contribution in [0.2, 0.25) is 0 Å². The molecule has 3 rings (SSSR count). The summed E-state index contributed by atoms with van der Waals surface area (Å²) in [4.78, 5) is 4.47. The molecule has 0 spiro atoms. The molecule has 23 heavy (non-hydrogen) atoms. The molecule has 0 bridgehead atoms. The Kier molecular flexibility index (Phi) is 4.78. The van der Waals surface area contributed by atoms with Gasteiger partial charge in [-0.25, -0.2) is 9.67 Å². The van der Waals surface area contributed by atoms with Crippen molar-refractivity contribution in [3.05, 3.63) is 42.4 Å². The summed E-state index contributed by atoms with van der Waals surface area (Å²) in [5.41, 5.74) is 1.35. The predicted molar refractivity (Wildman–Crippen MR) is 90.4 cm³/mol. The molecule has 0 aromatic carbocycles. The van der Waals surface area contributed by atoms with E-state index in [1.807, 2.05) is 29.2 Å². The molecule has 0 radical (unpaired) electrons. The molecular weight excluding hydrogens is 288 g/mol. The maximum Gasteiger partial charge on any atom is 0.157 e. The van der Waals surface area contributed by atoms with Gasteiger partial charge < -0.3 is 10.1 Å². The Balaban J connectivity index is 1.65. The van der Waals surface area contributed by atoms with Gasteiger partial charge in [0, 0.05) is 43.3 Å². The molecule has 5 heteroatoms. The molecule has 124 valence electrons. The molecule has 1 aliphatic heterocycles. The van der Waals surface area contributed by atoms with Crippen LogP contribution >= 0.6 is 0 Å². The summed E-state index contributed by atoms with van der Waals surface area (Å²) < 4.78 is 7.76. The molecule has 3 heterocycles. The minimum Gasteiger partial charge on any atom is -0.378 e. The number of ether oxygens (including phenoxy) is 1. The Labute approximate surface area is 138 Å². The van der Waals surface area contributed by atoms with E-state index in [9.17, 15) is 0 Å². The van der Waals surface area contributed by atoms with Crippen LogP contribution in [0.3, 0.4) is 0 Å². The fourth-order valence-electron chi connectivity index (χ4n) is 3.01. The van der Waals surface area contributed by atoms with Crippen LogP contribution in [0.4, 0.5) is 0 Å². The lowest BCUT2D eigenvalue weighted by molar-refractivity contribution is -0.0582. The summed E-state index contributed by atoms with van der Waals surface area (Å²) in [6.45, 7) is 8.37. The first-order valence-corrected chi connectivity index (χ1v) is 8.33. The molecule has 5 nitrogen and oxygen atoms in total. The van der Waals surface area contributed by atoms with E-state index in [1.165, 1.54) is 0 Å². The Hall–Kier alpha value is -1.72. The van der Waals surface area contributed by atoms with E-state index >= 15 is 0 Å². The predicted octanol–water partition coefficient (Wildman–Crippen LogP) is 2.95. The van der Waals surface area contributed by atoms with Gasteiger partial charge in [-0.1, -0.05) is 26.8 Å². The first-order valence-electron chi connectivity index (χ1n) is 8.33. The quantitative estimate of drug-likeness (QED) is 0.942. The van der Waals surface area contributed by atoms with Crippen molar-refractivity contribution in [2.24, 2.45) is 5.41 Å². The van der Waals surface area contributed by atoms with E-state index in [0.717, 1.165) is 37.4 Å². The Morgan fingerprint density at radius 3 is 2.91 bits per heavy atom. The largest absolute Gasteiger partial charge is 0.378 e. The second kappa shape index (κ2) is 6.81. The number of aromatic nitrogens is 3. The van der Waals surface area contributed by atoms with Gasteiger partial charge in [-0.05, 0) is 30.4 Å². The second-order valence-electron chi connectivity index (χ2n) is 7.26. The van der Waals surface area contributed by atoms with Gasteiger partial charge >= 0.3 is 0 Å².